The number of thiophene rings is 1. The monoisotopic (exact) mass is 700 g/mol. The number of thioether (sulfide) groups is 1. The zero-order valence-corrected chi connectivity index (χ0v) is 29.9. The fourth-order valence-electron chi connectivity index (χ4n) is 7.79. The summed E-state index contributed by atoms with van der Waals surface area (Å²) in [7, 11) is 0. The summed E-state index contributed by atoms with van der Waals surface area (Å²) < 4.78 is 4.89. The highest BCUT2D eigenvalue weighted by Gasteiger charge is 2.21. The first-order valence-electron chi connectivity index (χ1n) is 17.5. The molecule has 10 rings (SSSR count). The molecule has 52 heavy (non-hydrogen) atoms. The van der Waals surface area contributed by atoms with Crippen LogP contribution in [-0.4, -0.2) is 11.3 Å². The molecule has 0 amide bonds. The van der Waals surface area contributed by atoms with Gasteiger partial charge < -0.3 is 4.57 Å². The predicted octanol–water partition coefficient (Wildman–Crippen LogP) is 14.3. The maximum atomic E-state index is 4.80. The fraction of sp³-hybridized carbons (Fsp3) is 0.0208. The van der Waals surface area contributed by atoms with Crippen molar-refractivity contribution in [1.29, 1.82) is 0 Å². The third-order valence-electron chi connectivity index (χ3n) is 10.2. The summed E-state index contributed by atoms with van der Waals surface area (Å²) >= 11 is 3.69. The number of benzene rings is 8. The molecule has 0 saturated carbocycles. The largest absolute Gasteiger partial charge is 0.309 e. The van der Waals surface area contributed by atoms with Gasteiger partial charge >= 0.3 is 0 Å². The lowest BCUT2D eigenvalue weighted by Gasteiger charge is -2.15. The van der Waals surface area contributed by atoms with Gasteiger partial charge in [0.15, 0.2) is 0 Å². The minimum atomic E-state index is 0.790. The average Bonchev–Trinajstić information content (AvgIpc) is 3.76. The third kappa shape index (κ3) is 5.06. The molecule has 4 heteroatoms. The molecule has 246 valence electrons. The van der Waals surface area contributed by atoms with Crippen molar-refractivity contribution in [3.05, 3.63) is 175 Å². The summed E-state index contributed by atoms with van der Waals surface area (Å²) in [6.07, 6.45) is 0. The van der Waals surface area contributed by atoms with Crippen molar-refractivity contribution in [2.45, 2.75) is 10.6 Å². The number of rotatable bonds is 7. The number of aliphatic imine (C=N–C) groups is 1. The molecule has 0 atom stereocenters. The summed E-state index contributed by atoms with van der Waals surface area (Å²) in [6.45, 7) is 4.16. The number of hydrogen-bond acceptors (Lipinski definition) is 3. The Balaban J connectivity index is 1.12. The van der Waals surface area contributed by atoms with E-state index < -0.39 is 0 Å². The van der Waals surface area contributed by atoms with E-state index in [1.807, 2.05) is 23.1 Å². The Morgan fingerprint density at radius 3 is 2.08 bits per heavy atom. The van der Waals surface area contributed by atoms with Crippen LogP contribution >= 0.6 is 23.1 Å². The van der Waals surface area contributed by atoms with E-state index in [4.69, 9.17) is 4.99 Å². The van der Waals surface area contributed by atoms with Gasteiger partial charge in [0.05, 0.1) is 16.7 Å². The maximum Gasteiger partial charge on any atom is 0.0857 e. The lowest BCUT2D eigenvalue weighted by atomic mass is 9.97. The third-order valence-corrected chi connectivity index (χ3v) is 12.5. The Morgan fingerprint density at radius 1 is 0.538 bits per heavy atom. The SMILES string of the molecule is C=Nc1c(SCc2cccc3c2c2ccccc2n3-c2ccccc2)c(-c2ccc(-c3ccc4ccccc4c3)cc2)cc2sc3ccccc3c12. The molecule has 8 aromatic carbocycles. The molecular weight excluding hydrogens is 669 g/mol. The van der Waals surface area contributed by atoms with Crippen LogP contribution in [0.25, 0.3) is 80.7 Å². The lowest BCUT2D eigenvalue weighted by molar-refractivity contribution is 1.18. The van der Waals surface area contributed by atoms with Crippen molar-refractivity contribution >= 4 is 88.3 Å². The molecule has 0 fully saturated rings. The molecule has 0 bridgehead atoms. The Labute approximate surface area is 310 Å². The number of hydrogen-bond donors (Lipinski definition) is 0. The van der Waals surface area contributed by atoms with E-state index in [1.54, 1.807) is 0 Å². The van der Waals surface area contributed by atoms with E-state index in [9.17, 15) is 0 Å². The molecule has 0 aliphatic carbocycles. The van der Waals surface area contributed by atoms with Gasteiger partial charge in [-0.05, 0) is 87.8 Å². The van der Waals surface area contributed by atoms with Crippen LogP contribution in [0.2, 0.25) is 0 Å². The van der Waals surface area contributed by atoms with Gasteiger partial charge in [-0.15, -0.1) is 23.1 Å². The summed E-state index contributed by atoms with van der Waals surface area (Å²) in [5, 5.41) is 7.49. The van der Waals surface area contributed by atoms with Gasteiger partial charge in [-0.3, -0.25) is 4.99 Å². The zero-order valence-electron chi connectivity index (χ0n) is 28.3. The number of nitrogens with zero attached hydrogens (tertiary/aromatic N) is 2. The summed E-state index contributed by atoms with van der Waals surface area (Å²) in [4.78, 5) is 5.96. The second kappa shape index (κ2) is 12.7. The van der Waals surface area contributed by atoms with Crippen LogP contribution in [0, 0.1) is 0 Å². The summed E-state index contributed by atoms with van der Waals surface area (Å²) in [6, 6.07) is 61.5. The van der Waals surface area contributed by atoms with Crippen LogP contribution in [0.3, 0.4) is 0 Å². The number of para-hydroxylation sites is 2. The highest BCUT2D eigenvalue weighted by atomic mass is 32.2. The zero-order chi connectivity index (χ0) is 34.6. The van der Waals surface area contributed by atoms with Crippen molar-refractivity contribution < 1.29 is 0 Å². The second-order valence-corrected chi connectivity index (χ2v) is 15.2. The van der Waals surface area contributed by atoms with Crippen LogP contribution in [0.15, 0.2) is 180 Å². The molecule has 0 aliphatic rings. The minimum absolute atomic E-state index is 0.790. The van der Waals surface area contributed by atoms with E-state index in [0.717, 1.165) is 16.3 Å². The van der Waals surface area contributed by atoms with Gasteiger partial charge in [0.25, 0.3) is 0 Å². The van der Waals surface area contributed by atoms with Crippen LogP contribution in [0.1, 0.15) is 5.56 Å². The van der Waals surface area contributed by atoms with Gasteiger partial charge in [-0.25, -0.2) is 0 Å². The van der Waals surface area contributed by atoms with Crippen molar-refractivity contribution in [3.63, 3.8) is 0 Å². The summed E-state index contributed by atoms with van der Waals surface area (Å²) in [5.74, 6) is 0.790. The first-order valence-corrected chi connectivity index (χ1v) is 19.3. The predicted molar refractivity (Wildman–Crippen MR) is 227 cm³/mol. The number of fused-ring (bicyclic) bond motifs is 7. The fourth-order valence-corrected chi connectivity index (χ4v) is 10.1. The van der Waals surface area contributed by atoms with Gasteiger partial charge in [0.1, 0.15) is 0 Å². The molecule has 0 spiro atoms. The molecular formula is C48H32N2S2. The highest BCUT2D eigenvalue weighted by Crippen LogP contribution is 2.50. The van der Waals surface area contributed by atoms with Crippen molar-refractivity contribution in [3.8, 4) is 27.9 Å². The first kappa shape index (κ1) is 30.8. The standard InChI is InChI=1S/C48H32N2S2/c1-49-47-46-39-18-8-10-21-43(39)52-44(46)29-40(33-25-22-32(23-26-33)35-27-24-31-12-5-6-13-34(31)28-35)48(47)51-30-36-14-11-20-42-45(36)38-17-7-9-19-41(38)50(42)37-15-3-2-4-16-37/h2-29H,1,30H2. The van der Waals surface area contributed by atoms with Crippen molar-refractivity contribution in [2.75, 3.05) is 0 Å². The van der Waals surface area contributed by atoms with E-state index in [-0.39, 0.29) is 0 Å². The molecule has 10 aromatic rings. The van der Waals surface area contributed by atoms with Gasteiger partial charge in [-0.2, -0.15) is 0 Å². The van der Waals surface area contributed by atoms with E-state index in [1.165, 1.54) is 86.3 Å². The Kier molecular flexibility index (Phi) is 7.52. The van der Waals surface area contributed by atoms with Crippen LogP contribution < -0.4 is 0 Å². The van der Waals surface area contributed by atoms with E-state index in [0.29, 0.717) is 0 Å². The molecule has 0 saturated heterocycles. The second-order valence-electron chi connectivity index (χ2n) is 13.2. The molecule has 2 nitrogen and oxygen atoms in total. The molecule has 0 unspecified atom stereocenters. The topological polar surface area (TPSA) is 17.3 Å². The van der Waals surface area contributed by atoms with Crippen LogP contribution in [-0.2, 0) is 5.75 Å². The molecule has 2 aromatic heterocycles. The molecule has 0 radical (unpaired) electrons. The average molecular weight is 701 g/mol. The first-order chi connectivity index (χ1) is 25.7. The van der Waals surface area contributed by atoms with Gasteiger partial charge in [0, 0.05) is 47.3 Å². The smallest absolute Gasteiger partial charge is 0.0857 e. The normalized spacial score (nSPS) is 11.7. The quantitative estimate of drug-likeness (QED) is 0.119. The minimum Gasteiger partial charge on any atom is -0.309 e. The van der Waals surface area contributed by atoms with Gasteiger partial charge in [-0.1, -0.05) is 127 Å². The van der Waals surface area contributed by atoms with Crippen LogP contribution in [0.4, 0.5) is 5.69 Å². The Hall–Kier alpha value is -5.94. The van der Waals surface area contributed by atoms with E-state index in [2.05, 4.69) is 181 Å². The van der Waals surface area contributed by atoms with Gasteiger partial charge in [0.2, 0.25) is 0 Å². The highest BCUT2D eigenvalue weighted by molar-refractivity contribution is 7.98. The van der Waals surface area contributed by atoms with E-state index >= 15 is 0 Å². The number of aromatic nitrogens is 1. The molecule has 0 N–H and O–H groups in total. The lowest BCUT2D eigenvalue weighted by Crippen LogP contribution is -1.93. The van der Waals surface area contributed by atoms with Crippen molar-refractivity contribution in [1.82, 2.24) is 4.57 Å². The summed E-state index contributed by atoms with van der Waals surface area (Å²) in [5.41, 5.74) is 10.7. The van der Waals surface area contributed by atoms with Crippen molar-refractivity contribution in [2.24, 2.45) is 4.99 Å². The molecule has 2 heterocycles. The Morgan fingerprint density at radius 2 is 1.23 bits per heavy atom. The molecule has 0 aliphatic heterocycles. The maximum absolute atomic E-state index is 4.80. The van der Waals surface area contributed by atoms with Crippen LogP contribution in [0.5, 0.6) is 0 Å². The Bertz CT molecular complexity index is 2970.